The first-order valence-electron chi connectivity index (χ1n) is 10.1. The van der Waals surface area contributed by atoms with Crippen LogP contribution in [0.2, 0.25) is 0 Å². The minimum absolute atomic E-state index is 0.912. The number of hydrogen-bond donors (Lipinski definition) is 0. The molecule has 0 unspecified atom stereocenters. The number of aliphatic imine (C=N–C) groups is 2. The second kappa shape index (κ2) is 9.15. The molecule has 0 N–H and O–H groups in total. The van der Waals surface area contributed by atoms with Gasteiger partial charge in [0.1, 0.15) is 0 Å². The van der Waals surface area contributed by atoms with Gasteiger partial charge in [-0.3, -0.25) is 9.98 Å². The number of benzene rings is 4. The van der Waals surface area contributed by atoms with Crippen molar-refractivity contribution in [2.24, 2.45) is 9.98 Å². The van der Waals surface area contributed by atoms with Gasteiger partial charge in [0.05, 0.1) is 22.8 Å². The molecule has 30 heavy (non-hydrogen) atoms. The zero-order valence-corrected chi connectivity index (χ0v) is 17.3. The highest BCUT2D eigenvalue weighted by Gasteiger charge is 2.02. The number of nitrogens with zero attached hydrogens (tertiary/aromatic N) is 2. The summed E-state index contributed by atoms with van der Waals surface area (Å²) in [4.78, 5) is 9.48. The second-order valence-corrected chi connectivity index (χ2v) is 7.22. The Labute approximate surface area is 178 Å². The molecule has 0 fully saturated rings. The van der Waals surface area contributed by atoms with Gasteiger partial charge in [0, 0.05) is 0 Å². The minimum Gasteiger partial charge on any atom is -0.252 e. The van der Waals surface area contributed by atoms with E-state index < -0.39 is 0 Å². The molecule has 0 aromatic heterocycles. The summed E-state index contributed by atoms with van der Waals surface area (Å²) >= 11 is 0. The van der Waals surface area contributed by atoms with Crippen molar-refractivity contribution in [3.8, 4) is 22.3 Å². The predicted molar refractivity (Wildman–Crippen MR) is 129 cm³/mol. The van der Waals surface area contributed by atoms with Crippen molar-refractivity contribution in [2.75, 3.05) is 0 Å². The van der Waals surface area contributed by atoms with E-state index in [0.29, 0.717) is 0 Å². The van der Waals surface area contributed by atoms with Crippen LogP contribution in [0.4, 0.5) is 11.4 Å². The van der Waals surface area contributed by atoms with Crippen molar-refractivity contribution in [3.63, 3.8) is 0 Å². The molecule has 0 aliphatic carbocycles. The SMILES string of the molecule is CC(=Nc1ccc(-c2ccccc2)cc1)C(C)=Nc1ccc(-c2ccccc2)cc1. The first-order valence-corrected chi connectivity index (χ1v) is 10.1. The monoisotopic (exact) mass is 388 g/mol. The average Bonchev–Trinajstić information content (AvgIpc) is 2.81. The lowest BCUT2D eigenvalue weighted by atomic mass is 10.1. The average molecular weight is 389 g/mol. The summed E-state index contributed by atoms with van der Waals surface area (Å²) in [5.41, 5.74) is 8.49. The largest absolute Gasteiger partial charge is 0.252 e. The van der Waals surface area contributed by atoms with Gasteiger partial charge in [0.15, 0.2) is 0 Å². The van der Waals surface area contributed by atoms with E-state index >= 15 is 0 Å². The molecule has 2 nitrogen and oxygen atoms in total. The fourth-order valence-corrected chi connectivity index (χ4v) is 3.27. The maximum atomic E-state index is 4.74. The molecule has 0 amide bonds. The topological polar surface area (TPSA) is 24.7 Å². The highest BCUT2D eigenvalue weighted by molar-refractivity contribution is 6.41. The Hall–Kier alpha value is -3.78. The van der Waals surface area contributed by atoms with Gasteiger partial charge in [-0.2, -0.15) is 0 Å². The van der Waals surface area contributed by atoms with Crippen molar-refractivity contribution >= 4 is 22.8 Å². The summed E-state index contributed by atoms with van der Waals surface area (Å²) in [6.07, 6.45) is 0. The van der Waals surface area contributed by atoms with Crippen LogP contribution in [0.5, 0.6) is 0 Å². The Balaban J connectivity index is 1.49. The lowest BCUT2D eigenvalue weighted by molar-refractivity contribution is 1.47. The molecule has 0 spiro atoms. The zero-order valence-electron chi connectivity index (χ0n) is 17.3. The normalized spacial score (nSPS) is 12.1. The summed E-state index contributed by atoms with van der Waals surface area (Å²) in [5, 5.41) is 0. The van der Waals surface area contributed by atoms with E-state index in [2.05, 4.69) is 72.8 Å². The van der Waals surface area contributed by atoms with E-state index in [0.717, 1.165) is 22.8 Å². The van der Waals surface area contributed by atoms with Crippen molar-refractivity contribution in [1.82, 2.24) is 0 Å². The van der Waals surface area contributed by atoms with Crippen LogP contribution in [0, 0.1) is 0 Å². The molecule has 0 radical (unpaired) electrons. The summed E-state index contributed by atoms with van der Waals surface area (Å²) < 4.78 is 0. The highest BCUT2D eigenvalue weighted by Crippen LogP contribution is 2.24. The molecule has 4 aromatic carbocycles. The first kappa shape index (κ1) is 19.5. The van der Waals surface area contributed by atoms with Crippen LogP contribution < -0.4 is 0 Å². The van der Waals surface area contributed by atoms with Crippen molar-refractivity contribution in [1.29, 1.82) is 0 Å². The lowest BCUT2D eigenvalue weighted by Crippen LogP contribution is -2.04. The van der Waals surface area contributed by atoms with E-state index in [1.54, 1.807) is 0 Å². The molecule has 0 saturated carbocycles. The molecule has 0 aliphatic heterocycles. The maximum Gasteiger partial charge on any atom is 0.0634 e. The van der Waals surface area contributed by atoms with Gasteiger partial charge in [0.2, 0.25) is 0 Å². The molecule has 0 aliphatic rings. The Morgan fingerprint density at radius 1 is 0.400 bits per heavy atom. The third-order valence-corrected chi connectivity index (χ3v) is 5.07. The number of rotatable bonds is 5. The smallest absolute Gasteiger partial charge is 0.0634 e. The van der Waals surface area contributed by atoms with Crippen molar-refractivity contribution in [3.05, 3.63) is 109 Å². The van der Waals surface area contributed by atoms with E-state index in [9.17, 15) is 0 Å². The summed E-state index contributed by atoms with van der Waals surface area (Å²) in [6, 6.07) is 37.4. The molecule has 146 valence electrons. The van der Waals surface area contributed by atoms with Crippen LogP contribution in [-0.2, 0) is 0 Å². The highest BCUT2D eigenvalue weighted by atomic mass is 14.8. The molecular weight excluding hydrogens is 364 g/mol. The van der Waals surface area contributed by atoms with Gasteiger partial charge in [-0.25, -0.2) is 0 Å². The Bertz CT molecular complexity index is 1060. The molecule has 0 atom stereocenters. The second-order valence-electron chi connectivity index (χ2n) is 7.22. The van der Waals surface area contributed by atoms with E-state index in [1.807, 2.05) is 50.2 Å². The van der Waals surface area contributed by atoms with Gasteiger partial charge in [0.25, 0.3) is 0 Å². The van der Waals surface area contributed by atoms with E-state index in [4.69, 9.17) is 9.98 Å². The molecule has 0 heterocycles. The molecule has 0 saturated heterocycles. The van der Waals surface area contributed by atoms with Crippen LogP contribution in [-0.4, -0.2) is 11.4 Å². The third kappa shape index (κ3) is 4.79. The molecule has 0 bridgehead atoms. The minimum atomic E-state index is 0.912. The van der Waals surface area contributed by atoms with Gasteiger partial charge in [-0.05, 0) is 60.4 Å². The zero-order chi connectivity index (χ0) is 20.8. The molecule has 4 aromatic rings. The van der Waals surface area contributed by atoms with Crippen molar-refractivity contribution < 1.29 is 0 Å². The van der Waals surface area contributed by atoms with Gasteiger partial charge >= 0.3 is 0 Å². The third-order valence-electron chi connectivity index (χ3n) is 5.07. The Morgan fingerprint density at radius 2 is 0.700 bits per heavy atom. The quantitative estimate of drug-likeness (QED) is 0.310. The van der Waals surface area contributed by atoms with Gasteiger partial charge in [-0.1, -0.05) is 84.9 Å². The summed E-state index contributed by atoms with van der Waals surface area (Å²) in [5.74, 6) is 0. The summed E-state index contributed by atoms with van der Waals surface area (Å²) in [7, 11) is 0. The Kier molecular flexibility index (Phi) is 5.95. The molecule has 2 heteroatoms. The van der Waals surface area contributed by atoms with Gasteiger partial charge < -0.3 is 0 Å². The van der Waals surface area contributed by atoms with Crippen molar-refractivity contribution in [2.45, 2.75) is 13.8 Å². The van der Waals surface area contributed by atoms with E-state index in [-0.39, 0.29) is 0 Å². The number of hydrogen-bond acceptors (Lipinski definition) is 2. The van der Waals surface area contributed by atoms with E-state index in [1.165, 1.54) is 22.3 Å². The molecular formula is C28H24N2. The van der Waals surface area contributed by atoms with Gasteiger partial charge in [-0.15, -0.1) is 0 Å². The first-order chi connectivity index (χ1) is 14.7. The maximum absolute atomic E-state index is 4.74. The van der Waals surface area contributed by atoms with Crippen LogP contribution in [0.3, 0.4) is 0 Å². The fraction of sp³-hybridized carbons (Fsp3) is 0.0714. The molecule has 4 rings (SSSR count). The standard InChI is InChI=1S/C28H24N2/c1-21(29-27-17-13-25(14-18-27)23-9-5-3-6-10-23)22(2)30-28-19-15-26(16-20-28)24-11-7-4-8-12-24/h3-20H,1-2H3. The summed E-state index contributed by atoms with van der Waals surface area (Å²) in [6.45, 7) is 4.00. The van der Waals surface area contributed by atoms with Crippen LogP contribution in [0.25, 0.3) is 22.3 Å². The lowest BCUT2D eigenvalue weighted by Gasteiger charge is -2.05. The fourth-order valence-electron chi connectivity index (χ4n) is 3.27. The van der Waals surface area contributed by atoms with Crippen LogP contribution in [0.1, 0.15) is 13.8 Å². The van der Waals surface area contributed by atoms with Crippen LogP contribution in [0.15, 0.2) is 119 Å². The Morgan fingerprint density at radius 3 is 1.03 bits per heavy atom. The predicted octanol–water partition coefficient (Wildman–Crippen LogP) is 7.91. The van der Waals surface area contributed by atoms with Crippen LogP contribution >= 0.6 is 0 Å².